The smallest absolute Gasteiger partial charge is 0.234 e. The third-order valence-electron chi connectivity index (χ3n) is 2.02. The Hall–Kier alpha value is -1.07. The van der Waals surface area contributed by atoms with E-state index in [0.717, 1.165) is 13.0 Å². The Balaban J connectivity index is 2.33. The number of hydrogen-bond acceptors (Lipinski definition) is 5. The molecule has 0 aliphatic rings. The van der Waals surface area contributed by atoms with Crippen LogP contribution in [0.1, 0.15) is 13.3 Å². The van der Waals surface area contributed by atoms with Crippen molar-refractivity contribution in [2.24, 2.45) is 0 Å². The summed E-state index contributed by atoms with van der Waals surface area (Å²) in [5, 5.41) is 3.15. The molecule has 1 atom stereocenters. The molecular weight excluding hydrogens is 242 g/mol. The summed E-state index contributed by atoms with van der Waals surface area (Å²) >= 11 is 6.00. The zero-order valence-electron chi connectivity index (χ0n) is 10.1. The molecule has 0 spiro atoms. The number of aromatic nitrogens is 2. The van der Waals surface area contributed by atoms with Gasteiger partial charge in [0.15, 0.2) is 0 Å². The Kier molecular flexibility index (Phi) is 6.65. The molecule has 0 aromatic carbocycles. The summed E-state index contributed by atoms with van der Waals surface area (Å²) in [7, 11) is 1.64. The lowest BCUT2D eigenvalue weighted by atomic mass is 10.3. The molecule has 5 nitrogen and oxygen atoms in total. The number of hydrogen-bond donors (Lipinski definition) is 1. The summed E-state index contributed by atoms with van der Waals surface area (Å²) in [6.07, 6.45) is 4.04. The minimum atomic E-state index is 0.00975. The van der Waals surface area contributed by atoms with Gasteiger partial charge in [-0.15, -0.1) is 11.6 Å². The van der Waals surface area contributed by atoms with E-state index in [1.54, 1.807) is 19.5 Å². The highest BCUT2D eigenvalue weighted by atomic mass is 35.5. The number of anilines is 1. The summed E-state index contributed by atoms with van der Waals surface area (Å²) in [5.74, 6) is 1.22. The zero-order valence-corrected chi connectivity index (χ0v) is 10.9. The molecule has 0 saturated carbocycles. The highest BCUT2D eigenvalue weighted by Gasteiger charge is 2.04. The summed E-state index contributed by atoms with van der Waals surface area (Å²) in [6, 6.07) is 0. The van der Waals surface area contributed by atoms with E-state index in [4.69, 9.17) is 21.1 Å². The highest BCUT2D eigenvalue weighted by molar-refractivity contribution is 6.20. The van der Waals surface area contributed by atoms with Gasteiger partial charge in [-0.3, -0.25) is 4.98 Å². The molecule has 0 aliphatic carbocycles. The Bertz CT molecular complexity index is 325. The number of ether oxygens (including phenoxy) is 2. The first-order valence-electron chi connectivity index (χ1n) is 5.58. The first kappa shape index (κ1) is 14.0. The molecule has 1 rings (SSSR count). The van der Waals surface area contributed by atoms with Crippen molar-refractivity contribution >= 4 is 17.4 Å². The predicted molar refractivity (Wildman–Crippen MR) is 67.8 cm³/mol. The molecule has 0 aliphatic heterocycles. The van der Waals surface area contributed by atoms with Crippen LogP contribution in [0.15, 0.2) is 12.4 Å². The Labute approximate surface area is 107 Å². The Morgan fingerprint density at radius 3 is 3.00 bits per heavy atom. The van der Waals surface area contributed by atoms with Gasteiger partial charge in [0.05, 0.1) is 31.0 Å². The lowest BCUT2D eigenvalue weighted by Gasteiger charge is -2.10. The average Bonchev–Trinajstić information content (AvgIpc) is 2.30. The van der Waals surface area contributed by atoms with Crippen LogP contribution >= 0.6 is 11.6 Å². The molecule has 1 N–H and O–H groups in total. The highest BCUT2D eigenvalue weighted by Crippen LogP contribution is 2.09. The third-order valence-corrected chi connectivity index (χ3v) is 2.36. The molecular formula is C11H18ClN3O2. The van der Waals surface area contributed by atoms with Gasteiger partial charge in [-0.2, -0.15) is 4.98 Å². The summed E-state index contributed by atoms with van der Waals surface area (Å²) < 4.78 is 10.2. The molecule has 1 heterocycles. The fourth-order valence-corrected chi connectivity index (χ4v) is 1.51. The van der Waals surface area contributed by atoms with Gasteiger partial charge in [0.1, 0.15) is 5.82 Å². The van der Waals surface area contributed by atoms with Crippen molar-refractivity contribution in [2.75, 3.05) is 32.2 Å². The molecule has 1 aromatic rings. The van der Waals surface area contributed by atoms with Gasteiger partial charge in [0.2, 0.25) is 5.88 Å². The second-order valence-corrected chi connectivity index (χ2v) is 4.06. The van der Waals surface area contributed by atoms with Crippen LogP contribution in [-0.4, -0.2) is 42.2 Å². The normalized spacial score (nSPS) is 12.2. The van der Waals surface area contributed by atoms with E-state index >= 15 is 0 Å². The van der Waals surface area contributed by atoms with Crippen molar-refractivity contribution in [2.45, 2.75) is 18.7 Å². The maximum absolute atomic E-state index is 6.00. The molecule has 0 fully saturated rings. The number of rotatable bonds is 8. The molecule has 6 heteroatoms. The van der Waals surface area contributed by atoms with Crippen molar-refractivity contribution in [3.63, 3.8) is 0 Å². The predicted octanol–water partition coefficient (Wildman–Crippen LogP) is 1.93. The SMILES string of the molecule is CCOc1cncc(NCCC(Cl)COC)n1. The van der Waals surface area contributed by atoms with E-state index in [0.29, 0.717) is 24.9 Å². The van der Waals surface area contributed by atoms with Gasteiger partial charge >= 0.3 is 0 Å². The quantitative estimate of drug-likeness (QED) is 0.723. The minimum absolute atomic E-state index is 0.00975. The van der Waals surface area contributed by atoms with Gasteiger partial charge in [-0.25, -0.2) is 0 Å². The van der Waals surface area contributed by atoms with Crippen molar-refractivity contribution in [1.29, 1.82) is 0 Å². The van der Waals surface area contributed by atoms with E-state index in [1.165, 1.54) is 0 Å². The van der Waals surface area contributed by atoms with Gasteiger partial charge in [-0.05, 0) is 13.3 Å². The molecule has 0 radical (unpaired) electrons. The molecule has 1 aromatic heterocycles. The van der Waals surface area contributed by atoms with E-state index in [-0.39, 0.29) is 5.38 Å². The van der Waals surface area contributed by atoms with E-state index in [2.05, 4.69) is 15.3 Å². The topological polar surface area (TPSA) is 56.3 Å². The molecule has 0 amide bonds. The molecule has 96 valence electrons. The zero-order chi connectivity index (χ0) is 12.5. The lowest BCUT2D eigenvalue weighted by Crippen LogP contribution is -2.14. The Morgan fingerprint density at radius 1 is 1.47 bits per heavy atom. The minimum Gasteiger partial charge on any atom is -0.477 e. The van der Waals surface area contributed by atoms with Crippen molar-refractivity contribution < 1.29 is 9.47 Å². The largest absolute Gasteiger partial charge is 0.477 e. The lowest BCUT2D eigenvalue weighted by molar-refractivity contribution is 0.196. The van der Waals surface area contributed by atoms with Gasteiger partial charge in [0.25, 0.3) is 0 Å². The first-order valence-corrected chi connectivity index (χ1v) is 6.01. The second kappa shape index (κ2) is 8.08. The number of methoxy groups -OCH3 is 1. The molecule has 0 saturated heterocycles. The van der Waals surface area contributed by atoms with E-state index < -0.39 is 0 Å². The van der Waals surface area contributed by atoms with E-state index in [1.807, 2.05) is 6.92 Å². The van der Waals surface area contributed by atoms with Crippen molar-refractivity contribution in [3.05, 3.63) is 12.4 Å². The van der Waals surface area contributed by atoms with Crippen LogP contribution in [-0.2, 0) is 4.74 Å². The van der Waals surface area contributed by atoms with Gasteiger partial charge in [0, 0.05) is 13.7 Å². The number of nitrogens with one attached hydrogen (secondary N) is 1. The van der Waals surface area contributed by atoms with Crippen molar-refractivity contribution in [1.82, 2.24) is 9.97 Å². The van der Waals surface area contributed by atoms with Crippen LogP contribution in [0.25, 0.3) is 0 Å². The molecule has 1 unspecified atom stereocenters. The Morgan fingerprint density at radius 2 is 2.29 bits per heavy atom. The van der Waals surface area contributed by atoms with Gasteiger partial charge < -0.3 is 14.8 Å². The summed E-state index contributed by atoms with van der Waals surface area (Å²) in [4.78, 5) is 8.26. The van der Waals surface area contributed by atoms with Gasteiger partial charge in [-0.1, -0.05) is 0 Å². The number of alkyl halides is 1. The van der Waals surface area contributed by atoms with Crippen LogP contribution in [0.5, 0.6) is 5.88 Å². The maximum atomic E-state index is 6.00. The molecule has 0 bridgehead atoms. The first-order chi connectivity index (χ1) is 8.26. The monoisotopic (exact) mass is 259 g/mol. The number of halogens is 1. The second-order valence-electron chi connectivity index (χ2n) is 3.44. The summed E-state index contributed by atoms with van der Waals surface area (Å²) in [5.41, 5.74) is 0. The average molecular weight is 260 g/mol. The molecule has 17 heavy (non-hydrogen) atoms. The van der Waals surface area contributed by atoms with Crippen LogP contribution in [0.2, 0.25) is 0 Å². The van der Waals surface area contributed by atoms with Crippen LogP contribution in [0, 0.1) is 0 Å². The van der Waals surface area contributed by atoms with Crippen LogP contribution in [0.4, 0.5) is 5.82 Å². The van der Waals surface area contributed by atoms with Crippen LogP contribution < -0.4 is 10.1 Å². The maximum Gasteiger partial charge on any atom is 0.234 e. The van der Waals surface area contributed by atoms with Crippen molar-refractivity contribution in [3.8, 4) is 5.88 Å². The number of nitrogens with zero attached hydrogens (tertiary/aromatic N) is 2. The fraction of sp³-hybridized carbons (Fsp3) is 0.636. The third kappa shape index (κ3) is 5.70. The standard InChI is InChI=1S/C11H18ClN3O2/c1-3-17-11-7-13-6-10(15-11)14-5-4-9(12)8-16-2/h6-7,9H,3-5,8H2,1-2H3,(H,14,15). The summed E-state index contributed by atoms with van der Waals surface area (Å²) in [6.45, 7) is 3.76. The fourth-order valence-electron chi connectivity index (χ4n) is 1.27. The van der Waals surface area contributed by atoms with Crippen LogP contribution in [0.3, 0.4) is 0 Å². The van der Waals surface area contributed by atoms with E-state index in [9.17, 15) is 0 Å².